The van der Waals surface area contributed by atoms with Crippen molar-refractivity contribution in [1.82, 2.24) is 13.9 Å². The van der Waals surface area contributed by atoms with Gasteiger partial charge >= 0.3 is 0 Å². The number of alkyl halides is 1. The molecule has 0 saturated heterocycles. The molecule has 1 aromatic rings. The minimum Gasteiger partial charge on any atom is -0.334 e. The van der Waals surface area contributed by atoms with Crippen LogP contribution in [0.25, 0.3) is 0 Å². The number of halogens is 1. The minimum atomic E-state index is -3.53. The maximum atomic E-state index is 12.5. The van der Waals surface area contributed by atoms with Gasteiger partial charge in [-0.2, -0.15) is 4.31 Å². The summed E-state index contributed by atoms with van der Waals surface area (Å²) in [7, 11) is -3.53. The largest absolute Gasteiger partial charge is 0.334 e. The molecule has 19 heavy (non-hydrogen) atoms. The normalized spacial score (nSPS) is 12.3. The zero-order valence-corrected chi connectivity index (χ0v) is 13.3. The quantitative estimate of drug-likeness (QED) is 0.692. The van der Waals surface area contributed by atoms with Crippen LogP contribution in [-0.4, -0.2) is 41.2 Å². The number of sulfonamides is 1. The summed E-state index contributed by atoms with van der Waals surface area (Å²) < 4.78 is 28.2. The lowest BCUT2D eigenvalue weighted by Gasteiger charge is -2.19. The molecule has 7 heteroatoms. The molecule has 1 rings (SSSR count). The zero-order valence-electron chi connectivity index (χ0n) is 11.8. The van der Waals surface area contributed by atoms with Crippen LogP contribution in [0.2, 0.25) is 0 Å². The maximum absolute atomic E-state index is 12.5. The second-order valence-electron chi connectivity index (χ2n) is 4.36. The van der Waals surface area contributed by atoms with E-state index in [0.717, 1.165) is 12.8 Å². The van der Waals surface area contributed by atoms with Crippen molar-refractivity contribution in [2.75, 3.05) is 19.0 Å². The summed E-state index contributed by atoms with van der Waals surface area (Å²) in [4.78, 5) is 4.15. The Hall–Kier alpha value is -0.590. The molecule has 0 amide bonds. The van der Waals surface area contributed by atoms with E-state index in [1.807, 2.05) is 18.4 Å². The number of aryl methyl sites for hydroxylation is 2. The lowest BCUT2D eigenvalue weighted by atomic mass is 10.3. The van der Waals surface area contributed by atoms with Crippen LogP contribution < -0.4 is 0 Å². The Labute approximate surface area is 120 Å². The van der Waals surface area contributed by atoms with Gasteiger partial charge in [-0.05, 0) is 20.3 Å². The molecule has 0 aromatic carbocycles. The van der Waals surface area contributed by atoms with Gasteiger partial charge < -0.3 is 4.57 Å². The number of aromatic nitrogens is 2. The first-order valence-electron chi connectivity index (χ1n) is 6.57. The first-order chi connectivity index (χ1) is 8.97. The van der Waals surface area contributed by atoms with Crippen LogP contribution in [0.3, 0.4) is 0 Å². The van der Waals surface area contributed by atoms with Gasteiger partial charge in [-0.3, -0.25) is 0 Å². The van der Waals surface area contributed by atoms with E-state index in [-0.39, 0.29) is 10.9 Å². The molecule has 0 N–H and O–H groups in total. The molecule has 110 valence electrons. The zero-order chi connectivity index (χ0) is 14.5. The van der Waals surface area contributed by atoms with Gasteiger partial charge in [-0.1, -0.05) is 13.3 Å². The molecular weight excluding hydrogens is 286 g/mol. The Morgan fingerprint density at radius 2 is 2.05 bits per heavy atom. The average molecular weight is 308 g/mol. The van der Waals surface area contributed by atoms with Crippen LogP contribution in [0.1, 0.15) is 32.5 Å². The number of unbranched alkanes of at least 4 members (excludes halogenated alkanes) is 1. The van der Waals surface area contributed by atoms with Crippen LogP contribution in [0.5, 0.6) is 0 Å². The van der Waals surface area contributed by atoms with Crippen LogP contribution >= 0.6 is 11.6 Å². The number of rotatable bonds is 8. The molecule has 0 bridgehead atoms. The van der Waals surface area contributed by atoms with Crippen molar-refractivity contribution >= 4 is 21.6 Å². The topological polar surface area (TPSA) is 55.2 Å². The van der Waals surface area contributed by atoms with E-state index in [2.05, 4.69) is 4.98 Å². The summed E-state index contributed by atoms with van der Waals surface area (Å²) in [5, 5.41) is 0.119. The third-order valence-electron chi connectivity index (χ3n) is 2.99. The van der Waals surface area contributed by atoms with Gasteiger partial charge in [0.05, 0.1) is 0 Å². The summed E-state index contributed by atoms with van der Waals surface area (Å²) >= 11 is 5.70. The Morgan fingerprint density at radius 3 is 2.53 bits per heavy atom. The fourth-order valence-electron chi connectivity index (χ4n) is 1.84. The van der Waals surface area contributed by atoms with Crippen molar-refractivity contribution in [1.29, 1.82) is 0 Å². The molecule has 0 aliphatic carbocycles. The number of hydrogen-bond acceptors (Lipinski definition) is 3. The first kappa shape index (κ1) is 16.5. The Balaban J connectivity index is 3.03. The van der Waals surface area contributed by atoms with E-state index in [1.54, 1.807) is 13.1 Å². The molecule has 0 radical (unpaired) electrons. The average Bonchev–Trinajstić information content (AvgIpc) is 2.76. The van der Waals surface area contributed by atoms with Crippen molar-refractivity contribution in [3.05, 3.63) is 12.0 Å². The van der Waals surface area contributed by atoms with Crippen LogP contribution in [0, 0.1) is 6.92 Å². The highest BCUT2D eigenvalue weighted by molar-refractivity contribution is 7.89. The highest BCUT2D eigenvalue weighted by Gasteiger charge is 2.26. The SMILES string of the molecule is CCCCN(CCCl)S(=O)(=O)c1cn(CC)c(C)n1. The Kier molecular flexibility index (Phi) is 6.29. The van der Waals surface area contributed by atoms with E-state index < -0.39 is 10.0 Å². The molecule has 0 aliphatic heterocycles. The fraction of sp³-hybridized carbons (Fsp3) is 0.750. The molecule has 1 aromatic heterocycles. The molecule has 0 saturated carbocycles. The van der Waals surface area contributed by atoms with E-state index >= 15 is 0 Å². The molecular formula is C12H22ClN3O2S. The third kappa shape index (κ3) is 3.94. The van der Waals surface area contributed by atoms with E-state index in [1.165, 1.54) is 4.31 Å². The summed E-state index contributed by atoms with van der Waals surface area (Å²) in [6, 6.07) is 0. The second-order valence-corrected chi connectivity index (χ2v) is 6.62. The molecule has 1 heterocycles. The predicted octanol–water partition coefficient (Wildman–Crippen LogP) is 2.24. The van der Waals surface area contributed by atoms with E-state index in [9.17, 15) is 8.42 Å². The van der Waals surface area contributed by atoms with Crippen molar-refractivity contribution in [3.8, 4) is 0 Å². The molecule has 0 aliphatic rings. The van der Waals surface area contributed by atoms with E-state index in [0.29, 0.717) is 25.5 Å². The van der Waals surface area contributed by atoms with E-state index in [4.69, 9.17) is 11.6 Å². The summed E-state index contributed by atoms with van der Waals surface area (Å²) in [5.74, 6) is 0.999. The Morgan fingerprint density at radius 1 is 1.37 bits per heavy atom. The van der Waals surface area contributed by atoms with Gasteiger partial charge in [0.2, 0.25) is 0 Å². The maximum Gasteiger partial charge on any atom is 0.262 e. The lowest BCUT2D eigenvalue weighted by Crippen LogP contribution is -2.34. The van der Waals surface area contributed by atoms with Crippen molar-refractivity contribution in [2.45, 2.75) is 45.2 Å². The summed E-state index contributed by atoms with van der Waals surface area (Å²) in [6.07, 6.45) is 3.36. The molecule has 0 spiro atoms. The van der Waals surface area contributed by atoms with Crippen molar-refractivity contribution in [2.24, 2.45) is 0 Å². The molecule has 0 unspecified atom stereocenters. The van der Waals surface area contributed by atoms with Gasteiger partial charge in [0.15, 0.2) is 5.03 Å². The smallest absolute Gasteiger partial charge is 0.262 e. The summed E-state index contributed by atoms with van der Waals surface area (Å²) in [6.45, 7) is 7.31. The number of imidazole rings is 1. The van der Waals surface area contributed by atoms with Crippen LogP contribution in [0.15, 0.2) is 11.2 Å². The van der Waals surface area contributed by atoms with Crippen LogP contribution in [0.4, 0.5) is 0 Å². The first-order valence-corrected chi connectivity index (χ1v) is 8.54. The fourth-order valence-corrected chi connectivity index (χ4v) is 3.61. The monoisotopic (exact) mass is 307 g/mol. The van der Waals surface area contributed by atoms with Crippen molar-refractivity contribution < 1.29 is 8.42 Å². The second kappa shape index (κ2) is 7.26. The van der Waals surface area contributed by atoms with Gasteiger partial charge in [0.1, 0.15) is 5.82 Å². The summed E-state index contributed by atoms with van der Waals surface area (Å²) in [5.41, 5.74) is 0. The standard InChI is InChI=1S/C12H22ClN3O2S/c1-4-6-8-16(9-7-13)19(17,18)12-10-15(5-2)11(3)14-12/h10H,4-9H2,1-3H3. The minimum absolute atomic E-state index is 0.119. The van der Waals surface area contributed by atoms with Gasteiger partial charge in [0, 0.05) is 31.7 Å². The van der Waals surface area contributed by atoms with Gasteiger partial charge in [-0.25, -0.2) is 13.4 Å². The third-order valence-corrected chi connectivity index (χ3v) is 4.93. The van der Waals surface area contributed by atoms with Gasteiger partial charge in [-0.15, -0.1) is 11.6 Å². The molecule has 0 atom stereocenters. The number of hydrogen-bond donors (Lipinski definition) is 0. The predicted molar refractivity (Wildman–Crippen MR) is 77.0 cm³/mol. The van der Waals surface area contributed by atoms with Crippen molar-refractivity contribution in [3.63, 3.8) is 0 Å². The Bertz CT molecular complexity index is 499. The van der Waals surface area contributed by atoms with Gasteiger partial charge in [0.25, 0.3) is 10.0 Å². The molecule has 0 fully saturated rings. The highest BCUT2D eigenvalue weighted by atomic mass is 35.5. The number of nitrogens with zero attached hydrogens (tertiary/aromatic N) is 3. The van der Waals surface area contributed by atoms with Crippen LogP contribution in [-0.2, 0) is 16.6 Å². The molecule has 5 nitrogen and oxygen atoms in total. The highest BCUT2D eigenvalue weighted by Crippen LogP contribution is 2.16. The lowest BCUT2D eigenvalue weighted by molar-refractivity contribution is 0.418.